The van der Waals surface area contributed by atoms with Crippen LogP contribution in [0.4, 0.5) is 4.79 Å². The summed E-state index contributed by atoms with van der Waals surface area (Å²) in [4.78, 5) is 26.5. The fourth-order valence-electron chi connectivity index (χ4n) is 2.85. The third-order valence-corrected chi connectivity index (χ3v) is 4.31. The molecule has 132 valence electrons. The van der Waals surface area contributed by atoms with Gasteiger partial charge in [-0.15, -0.1) is 0 Å². The van der Waals surface area contributed by atoms with Crippen molar-refractivity contribution in [3.63, 3.8) is 0 Å². The van der Waals surface area contributed by atoms with Gasteiger partial charge in [-0.2, -0.15) is 0 Å². The second-order valence-corrected chi connectivity index (χ2v) is 7.51. The zero-order chi connectivity index (χ0) is 17.9. The highest BCUT2D eigenvalue weighted by Crippen LogP contribution is 2.31. The smallest absolute Gasteiger partial charge is 0.411 e. The van der Waals surface area contributed by atoms with Gasteiger partial charge in [-0.05, 0) is 38.2 Å². The lowest BCUT2D eigenvalue weighted by molar-refractivity contribution is -0.151. The van der Waals surface area contributed by atoms with Gasteiger partial charge in [0.2, 0.25) is 0 Å². The van der Waals surface area contributed by atoms with E-state index in [9.17, 15) is 9.59 Å². The first-order valence-electron chi connectivity index (χ1n) is 8.39. The Bertz CT molecular complexity index is 579. The molecular weight excluding hydrogens is 306 g/mol. The van der Waals surface area contributed by atoms with Crippen molar-refractivity contribution in [3.05, 3.63) is 35.9 Å². The number of hydrogen-bond acceptors (Lipinski definition) is 4. The predicted molar refractivity (Wildman–Crippen MR) is 91.3 cm³/mol. The summed E-state index contributed by atoms with van der Waals surface area (Å²) in [5.74, 6) is -0.130. The molecule has 1 fully saturated rings. The number of esters is 1. The summed E-state index contributed by atoms with van der Waals surface area (Å²) >= 11 is 0. The quantitative estimate of drug-likeness (QED) is 0.793. The maximum absolute atomic E-state index is 12.6. The van der Waals surface area contributed by atoms with Gasteiger partial charge in [-0.3, -0.25) is 4.90 Å². The summed E-state index contributed by atoms with van der Waals surface area (Å²) in [6.45, 7) is 10.2. The molecule has 1 amide bonds. The standard InChI is InChI=1S/C19H27NO4/c1-13-11-20(18(22)24-19(3,4)5)16(14(13)2)17(21)23-12-15-9-7-6-8-10-15/h6-10,13-14,16H,11-12H2,1-5H3/t13-,14-,16+/m0/s1. The van der Waals surface area contributed by atoms with Crippen LogP contribution in [-0.4, -0.2) is 35.2 Å². The average molecular weight is 333 g/mol. The Labute approximate surface area is 143 Å². The molecule has 1 saturated heterocycles. The van der Waals surface area contributed by atoms with E-state index in [-0.39, 0.29) is 24.4 Å². The van der Waals surface area contributed by atoms with Crippen molar-refractivity contribution >= 4 is 12.1 Å². The van der Waals surface area contributed by atoms with Crippen LogP contribution in [-0.2, 0) is 20.9 Å². The summed E-state index contributed by atoms with van der Waals surface area (Å²) in [6.07, 6.45) is -0.458. The molecule has 0 bridgehead atoms. The van der Waals surface area contributed by atoms with Gasteiger partial charge < -0.3 is 9.47 Å². The Hall–Kier alpha value is -2.04. The second kappa shape index (κ2) is 7.24. The van der Waals surface area contributed by atoms with Crippen LogP contribution >= 0.6 is 0 Å². The monoisotopic (exact) mass is 333 g/mol. The minimum absolute atomic E-state index is 0.0285. The molecule has 3 atom stereocenters. The van der Waals surface area contributed by atoms with Gasteiger partial charge in [0, 0.05) is 6.54 Å². The van der Waals surface area contributed by atoms with E-state index >= 15 is 0 Å². The lowest BCUT2D eigenvalue weighted by Gasteiger charge is -2.28. The first-order valence-corrected chi connectivity index (χ1v) is 8.39. The van der Waals surface area contributed by atoms with Crippen LogP contribution < -0.4 is 0 Å². The SMILES string of the molecule is C[C@H]1[C@@H](C)CN(C(=O)OC(C)(C)C)[C@H]1C(=O)OCc1ccccc1. The van der Waals surface area contributed by atoms with E-state index < -0.39 is 17.7 Å². The molecule has 0 saturated carbocycles. The molecule has 0 radical (unpaired) electrons. The lowest BCUT2D eigenvalue weighted by atomic mass is 9.94. The van der Waals surface area contributed by atoms with Gasteiger partial charge in [0.15, 0.2) is 0 Å². The molecule has 1 aromatic rings. The zero-order valence-corrected chi connectivity index (χ0v) is 15.1. The normalized spacial score (nSPS) is 23.9. The molecule has 0 spiro atoms. The van der Waals surface area contributed by atoms with Gasteiger partial charge in [0.1, 0.15) is 18.2 Å². The highest BCUT2D eigenvalue weighted by molar-refractivity contribution is 5.82. The number of carbonyl (C=O) groups excluding carboxylic acids is 2. The third-order valence-electron chi connectivity index (χ3n) is 4.31. The number of ether oxygens (including phenoxy) is 2. The van der Waals surface area contributed by atoms with Gasteiger partial charge in [-0.1, -0.05) is 44.2 Å². The van der Waals surface area contributed by atoms with E-state index in [1.54, 1.807) is 0 Å². The van der Waals surface area contributed by atoms with Crippen molar-refractivity contribution in [1.82, 2.24) is 4.90 Å². The van der Waals surface area contributed by atoms with E-state index in [1.807, 2.05) is 65.0 Å². The van der Waals surface area contributed by atoms with Crippen LogP contribution in [0.15, 0.2) is 30.3 Å². The fraction of sp³-hybridized carbons (Fsp3) is 0.579. The Morgan fingerprint density at radius 1 is 1.17 bits per heavy atom. The van der Waals surface area contributed by atoms with E-state index in [2.05, 4.69) is 0 Å². The molecule has 0 aromatic heterocycles. The minimum atomic E-state index is -0.599. The van der Waals surface area contributed by atoms with E-state index in [4.69, 9.17) is 9.47 Å². The molecule has 24 heavy (non-hydrogen) atoms. The molecular formula is C19H27NO4. The summed E-state index contributed by atoms with van der Waals surface area (Å²) < 4.78 is 10.9. The summed E-state index contributed by atoms with van der Waals surface area (Å²) in [5, 5.41) is 0. The molecule has 5 heteroatoms. The van der Waals surface area contributed by atoms with Crippen molar-refractivity contribution in [1.29, 1.82) is 0 Å². The van der Waals surface area contributed by atoms with Crippen LogP contribution in [0.1, 0.15) is 40.2 Å². The molecule has 1 aliphatic rings. The number of nitrogens with zero attached hydrogens (tertiary/aromatic N) is 1. The molecule has 0 unspecified atom stereocenters. The van der Waals surface area contributed by atoms with Crippen molar-refractivity contribution < 1.29 is 19.1 Å². The highest BCUT2D eigenvalue weighted by Gasteiger charge is 2.46. The van der Waals surface area contributed by atoms with Gasteiger partial charge in [0.25, 0.3) is 0 Å². The minimum Gasteiger partial charge on any atom is -0.459 e. The predicted octanol–water partition coefficient (Wildman–Crippen LogP) is 3.62. The third kappa shape index (κ3) is 4.49. The maximum atomic E-state index is 12.6. The van der Waals surface area contributed by atoms with Crippen LogP contribution in [0, 0.1) is 11.8 Å². The van der Waals surface area contributed by atoms with Gasteiger partial charge in [0.05, 0.1) is 0 Å². The second-order valence-electron chi connectivity index (χ2n) is 7.51. The average Bonchev–Trinajstić information content (AvgIpc) is 2.80. The van der Waals surface area contributed by atoms with Crippen LogP contribution in [0.5, 0.6) is 0 Å². The fourth-order valence-corrected chi connectivity index (χ4v) is 2.85. The van der Waals surface area contributed by atoms with E-state index in [0.29, 0.717) is 6.54 Å². The van der Waals surface area contributed by atoms with Crippen molar-refractivity contribution in [3.8, 4) is 0 Å². The number of carbonyl (C=O) groups is 2. The Morgan fingerprint density at radius 2 is 1.79 bits per heavy atom. The van der Waals surface area contributed by atoms with Crippen molar-refractivity contribution in [2.75, 3.05) is 6.54 Å². The van der Waals surface area contributed by atoms with E-state index in [0.717, 1.165) is 5.56 Å². The van der Waals surface area contributed by atoms with Gasteiger partial charge in [-0.25, -0.2) is 9.59 Å². The molecule has 1 heterocycles. The van der Waals surface area contributed by atoms with Crippen LogP contribution in [0.25, 0.3) is 0 Å². The molecule has 1 aromatic carbocycles. The molecule has 5 nitrogen and oxygen atoms in total. The largest absolute Gasteiger partial charge is 0.459 e. The topological polar surface area (TPSA) is 55.8 Å². The maximum Gasteiger partial charge on any atom is 0.411 e. The Balaban J connectivity index is 2.06. The first kappa shape index (κ1) is 18.3. The van der Waals surface area contributed by atoms with Crippen LogP contribution in [0.2, 0.25) is 0 Å². The van der Waals surface area contributed by atoms with Gasteiger partial charge >= 0.3 is 12.1 Å². The van der Waals surface area contributed by atoms with Crippen LogP contribution in [0.3, 0.4) is 0 Å². The van der Waals surface area contributed by atoms with Crippen molar-refractivity contribution in [2.45, 2.75) is 52.9 Å². The molecule has 0 aliphatic carbocycles. The summed E-state index contributed by atoms with van der Waals surface area (Å²) in [7, 11) is 0. The zero-order valence-electron chi connectivity index (χ0n) is 15.1. The first-order chi connectivity index (χ1) is 11.2. The summed E-state index contributed by atoms with van der Waals surface area (Å²) in [6, 6.07) is 8.92. The number of benzene rings is 1. The number of likely N-dealkylation sites (tertiary alicyclic amines) is 1. The molecule has 0 N–H and O–H groups in total. The number of amides is 1. The van der Waals surface area contributed by atoms with E-state index in [1.165, 1.54) is 4.90 Å². The Kier molecular flexibility index (Phi) is 5.52. The summed E-state index contributed by atoms with van der Waals surface area (Å²) in [5.41, 5.74) is 0.332. The number of hydrogen-bond donors (Lipinski definition) is 0. The Morgan fingerprint density at radius 3 is 2.38 bits per heavy atom. The lowest BCUT2D eigenvalue weighted by Crippen LogP contribution is -2.45. The number of rotatable bonds is 3. The highest BCUT2D eigenvalue weighted by atomic mass is 16.6. The molecule has 1 aliphatic heterocycles. The van der Waals surface area contributed by atoms with Crippen molar-refractivity contribution in [2.24, 2.45) is 11.8 Å². The molecule has 2 rings (SSSR count).